The van der Waals surface area contributed by atoms with Crippen molar-refractivity contribution in [3.05, 3.63) is 28.8 Å². The molecule has 0 bridgehead atoms. The zero-order valence-electron chi connectivity index (χ0n) is 11.2. The van der Waals surface area contributed by atoms with Crippen LogP contribution in [-0.4, -0.2) is 30.1 Å². The third-order valence-electron chi connectivity index (χ3n) is 2.70. The van der Waals surface area contributed by atoms with E-state index < -0.39 is 17.9 Å². The van der Waals surface area contributed by atoms with E-state index in [4.69, 9.17) is 15.6 Å². The number of aryl methyl sites for hydroxylation is 2. The highest BCUT2D eigenvalue weighted by atomic mass is 16.5. The van der Waals surface area contributed by atoms with Gasteiger partial charge in [-0.05, 0) is 19.4 Å². The van der Waals surface area contributed by atoms with E-state index in [1.54, 1.807) is 7.11 Å². The molecule has 1 rings (SSSR count). The average Bonchev–Trinajstić information content (AvgIpc) is 2.34. The van der Waals surface area contributed by atoms with Crippen LogP contribution in [0.25, 0.3) is 0 Å². The van der Waals surface area contributed by atoms with Crippen LogP contribution >= 0.6 is 0 Å². The summed E-state index contributed by atoms with van der Waals surface area (Å²) in [5, 5.41) is 11.1. The zero-order chi connectivity index (χ0) is 14.6. The molecule has 1 aromatic rings. The summed E-state index contributed by atoms with van der Waals surface area (Å²) < 4.78 is 5.27. The van der Waals surface area contributed by atoms with Gasteiger partial charge in [0, 0.05) is 12.1 Å². The summed E-state index contributed by atoms with van der Waals surface area (Å²) in [6.07, 6.45) is 0. The Morgan fingerprint density at radius 2 is 2.05 bits per heavy atom. The highest BCUT2D eigenvalue weighted by molar-refractivity contribution is 6.00. The summed E-state index contributed by atoms with van der Waals surface area (Å²) in [4.78, 5) is 22.0. The number of ether oxygens (including phenoxy) is 1. The number of hydrogen-bond donors (Lipinski definition) is 3. The van der Waals surface area contributed by atoms with Crippen LogP contribution in [0, 0.1) is 13.8 Å². The van der Waals surface area contributed by atoms with E-state index in [1.807, 2.05) is 26.0 Å². The number of carbonyl (C=O) groups excluding carboxylic acids is 1. The predicted molar refractivity (Wildman–Crippen MR) is 69.9 cm³/mol. The largest absolute Gasteiger partial charge is 0.496 e. The molecule has 1 unspecified atom stereocenters. The smallest absolute Gasteiger partial charge is 0.330 e. The van der Waals surface area contributed by atoms with Crippen molar-refractivity contribution in [2.24, 2.45) is 5.73 Å². The van der Waals surface area contributed by atoms with Crippen LogP contribution in [0.15, 0.2) is 12.1 Å². The van der Waals surface area contributed by atoms with E-state index in [-0.39, 0.29) is 6.54 Å². The molecule has 0 aliphatic carbocycles. The van der Waals surface area contributed by atoms with E-state index in [1.165, 1.54) is 0 Å². The molecule has 0 aromatic heterocycles. The van der Waals surface area contributed by atoms with Crippen molar-refractivity contribution in [1.29, 1.82) is 0 Å². The van der Waals surface area contributed by atoms with E-state index >= 15 is 0 Å². The molecule has 0 aliphatic heterocycles. The number of nitrogens with one attached hydrogen (secondary N) is 1. The Bertz CT molecular complexity index is 500. The average molecular weight is 266 g/mol. The molecule has 0 saturated heterocycles. The minimum atomic E-state index is -1.56. The standard InChI is InChI=1S/C13H18N2O4/c1-7-4-8(2)11(19-3)9(5-7)6-15-12(16)10(14)13(17)18/h4-5,10H,6,14H2,1-3H3,(H,15,16)(H,17,18). The van der Waals surface area contributed by atoms with Crippen LogP contribution in [0.2, 0.25) is 0 Å². The highest BCUT2D eigenvalue weighted by Gasteiger charge is 2.21. The summed E-state index contributed by atoms with van der Waals surface area (Å²) in [7, 11) is 1.55. The topological polar surface area (TPSA) is 102 Å². The van der Waals surface area contributed by atoms with Crippen molar-refractivity contribution in [1.82, 2.24) is 5.32 Å². The maximum absolute atomic E-state index is 11.5. The second-order valence-corrected chi connectivity index (χ2v) is 4.31. The molecule has 6 nitrogen and oxygen atoms in total. The normalized spacial score (nSPS) is 11.8. The molecule has 4 N–H and O–H groups in total. The minimum Gasteiger partial charge on any atom is -0.496 e. The van der Waals surface area contributed by atoms with Crippen molar-refractivity contribution < 1.29 is 19.4 Å². The van der Waals surface area contributed by atoms with Gasteiger partial charge in [-0.1, -0.05) is 17.7 Å². The van der Waals surface area contributed by atoms with Crippen LogP contribution in [0.5, 0.6) is 5.75 Å². The lowest BCUT2D eigenvalue weighted by atomic mass is 10.1. The molecule has 0 heterocycles. The van der Waals surface area contributed by atoms with Crippen molar-refractivity contribution >= 4 is 11.9 Å². The third-order valence-corrected chi connectivity index (χ3v) is 2.70. The van der Waals surface area contributed by atoms with Crippen LogP contribution in [0.1, 0.15) is 16.7 Å². The number of nitrogens with two attached hydrogens (primary N) is 1. The van der Waals surface area contributed by atoms with Gasteiger partial charge in [0.1, 0.15) is 5.75 Å². The molecule has 6 heteroatoms. The van der Waals surface area contributed by atoms with Crippen LogP contribution < -0.4 is 15.8 Å². The minimum absolute atomic E-state index is 0.172. The second-order valence-electron chi connectivity index (χ2n) is 4.31. The van der Waals surface area contributed by atoms with Crippen molar-refractivity contribution in [3.8, 4) is 5.75 Å². The second kappa shape index (κ2) is 6.19. The summed E-state index contributed by atoms with van der Waals surface area (Å²) in [5.41, 5.74) is 7.98. The van der Waals surface area contributed by atoms with Gasteiger partial charge in [0.05, 0.1) is 7.11 Å². The van der Waals surface area contributed by atoms with Gasteiger partial charge in [0.25, 0.3) is 0 Å². The van der Waals surface area contributed by atoms with Gasteiger partial charge >= 0.3 is 5.97 Å². The van der Waals surface area contributed by atoms with Gasteiger partial charge in [-0.2, -0.15) is 0 Å². The molecule has 0 radical (unpaired) electrons. The van der Waals surface area contributed by atoms with Gasteiger partial charge in [0.15, 0.2) is 6.04 Å². The first-order valence-corrected chi connectivity index (χ1v) is 5.77. The van der Waals surface area contributed by atoms with Crippen LogP contribution in [0.3, 0.4) is 0 Å². The molecule has 19 heavy (non-hydrogen) atoms. The first kappa shape index (κ1) is 15.0. The fourth-order valence-corrected chi connectivity index (χ4v) is 1.87. The monoisotopic (exact) mass is 266 g/mol. The molecule has 1 amide bonds. The third kappa shape index (κ3) is 3.69. The maximum Gasteiger partial charge on any atom is 0.330 e. The molecule has 1 atom stereocenters. The fourth-order valence-electron chi connectivity index (χ4n) is 1.87. The number of carbonyl (C=O) groups is 2. The Balaban J connectivity index is 2.83. The highest BCUT2D eigenvalue weighted by Crippen LogP contribution is 2.24. The van der Waals surface area contributed by atoms with Crippen molar-refractivity contribution in [3.63, 3.8) is 0 Å². The molecule has 0 spiro atoms. The number of carboxylic acid groups (broad SMARTS) is 1. The first-order valence-electron chi connectivity index (χ1n) is 5.77. The van der Waals surface area contributed by atoms with Gasteiger partial charge in [-0.15, -0.1) is 0 Å². The Morgan fingerprint density at radius 3 is 2.58 bits per heavy atom. The zero-order valence-corrected chi connectivity index (χ0v) is 11.2. The maximum atomic E-state index is 11.5. The molecular formula is C13H18N2O4. The first-order chi connectivity index (χ1) is 8.86. The molecular weight excluding hydrogens is 248 g/mol. The quantitative estimate of drug-likeness (QED) is 0.667. The number of carboxylic acids is 1. The lowest BCUT2D eigenvalue weighted by Crippen LogP contribution is -2.45. The van der Waals surface area contributed by atoms with E-state index in [0.29, 0.717) is 5.75 Å². The number of hydrogen-bond acceptors (Lipinski definition) is 4. The number of benzene rings is 1. The van der Waals surface area contributed by atoms with Gasteiger partial charge < -0.3 is 20.9 Å². The predicted octanol–water partition coefficient (Wildman–Crippen LogP) is 0.340. The Hall–Kier alpha value is -2.08. The number of amides is 1. The van der Waals surface area contributed by atoms with Gasteiger partial charge in [0.2, 0.25) is 5.91 Å². The lowest BCUT2D eigenvalue weighted by Gasteiger charge is -2.14. The molecule has 0 saturated carbocycles. The Labute approximate surface area is 111 Å². The summed E-state index contributed by atoms with van der Waals surface area (Å²) >= 11 is 0. The number of aliphatic carboxylic acids is 1. The van der Waals surface area contributed by atoms with Crippen molar-refractivity contribution in [2.75, 3.05) is 7.11 Å². The SMILES string of the molecule is COc1c(C)cc(C)cc1CNC(=O)C(N)C(=O)O. The van der Waals surface area contributed by atoms with Crippen LogP contribution in [0.4, 0.5) is 0 Å². The van der Waals surface area contributed by atoms with Crippen LogP contribution in [-0.2, 0) is 16.1 Å². The molecule has 1 aromatic carbocycles. The summed E-state index contributed by atoms with van der Waals surface area (Å²) in [6, 6.07) is 2.28. The Kier molecular flexibility index (Phi) is 4.88. The van der Waals surface area contributed by atoms with Crippen molar-refractivity contribution in [2.45, 2.75) is 26.4 Å². The lowest BCUT2D eigenvalue weighted by molar-refractivity contribution is -0.142. The number of rotatable bonds is 5. The molecule has 104 valence electrons. The molecule has 0 fully saturated rings. The van der Waals surface area contributed by atoms with Gasteiger partial charge in [-0.3, -0.25) is 4.79 Å². The number of methoxy groups -OCH3 is 1. The fraction of sp³-hybridized carbons (Fsp3) is 0.385. The Morgan fingerprint density at radius 1 is 1.42 bits per heavy atom. The van der Waals surface area contributed by atoms with E-state index in [9.17, 15) is 9.59 Å². The summed E-state index contributed by atoms with van der Waals surface area (Å²) in [6.45, 7) is 4.01. The molecule has 0 aliphatic rings. The van der Waals surface area contributed by atoms with E-state index in [2.05, 4.69) is 5.32 Å². The van der Waals surface area contributed by atoms with E-state index in [0.717, 1.165) is 16.7 Å². The summed E-state index contributed by atoms with van der Waals surface area (Å²) in [5.74, 6) is -1.41. The van der Waals surface area contributed by atoms with Gasteiger partial charge in [-0.25, -0.2) is 4.79 Å².